The first kappa shape index (κ1) is 17.9. The number of ether oxygens (including phenoxy) is 1. The number of hydrogen-bond acceptors (Lipinski definition) is 4. The molecule has 21 heavy (non-hydrogen) atoms. The Kier molecular flexibility index (Phi) is 6.58. The molecule has 2 unspecified atom stereocenters. The number of hydrogen-bond donors (Lipinski definition) is 2. The molecule has 0 aliphatic heterocycles. The summed E-state index contributed by atoms with van der Waals surface area (Å²) in [5.74, 6) is 5.98. The zero-order chi connectivity index (χ0) is 16.0. The summed E-state index contributed by atoms with van der Waals surface area (Å²) in [6.07, 6.45) is 0.856. The van der Waals surface area contributed by atoms with E-state index in [-0.39, 0.29) is 17.4 Å². The van der Waals surface area contributed by atoms with E-state index in [9.17, 15) is 4.39 Å². The summed E-state index contributed by atoms with van der Waals surface area (Å²) < 4.78 is 19.5. The number of nitrogens with one attached hydrogen (secondary N) is 1. The van der Waals surface area contributed by atoms with Crippen molar-refractivity contribution in [3.8, 4) is 5.75 Å². The maximum atomic E-state index is 14.4. The molecule has 5 heteroatoms. The van der Waals surface area contributed by atoms with Crippen LogP contribution in [0.25, 0.3) is 0 Å². The molecule has 0 saturated carbocycles. The normalized spacial score (nSPS) is 15.8. The summed E-state index contributed by atoms with van der Waals surface area (Å²) in [5.41, 5.74) is 3.11. The van der Waals surface area contributed by atoms with Gasteiger partial charge in [-0.2, -0.15) is 0 Å². The Bertz CT molecular complexity index is 451. The molecule has 0 aromatic heterocycles. The number of methoxy groups -OCH3 is 1. The minimum atomic E-state index is -0.302. The second kappa shape index (κ2) is 7.73. The van der Waals surface area contributed by atoms with Gasteiger partial charge in [0.05, 0.1) is 13.2 Å². The van der Waals surface area contributed by atoms with Crippen LogP contribution in [0, 0.1) is 5.82 Å². The maximum absolute atomic E-state index is 14.4. The standard InChI is InChI=1S/C16H28FN3O/c1-6-16(4,20(7-2)8-3)15(19-18)13-10-9-12(21-5)11-14(13)17/h9-11,15,19H,6-8,18H2,1-5H3. The lowest BCUT2D eigenvalue weighted by atomic mass is 9.83. The van der Waals surface area contributed by atoms with E-state index in [4.69, 9.17) is 10.6 Å². The molecule has 0 heterocycles. The highest BCUT2D eigenvalue weighted by atomic mass is 19.1. The van der Waals surface area contributed by atoms with Gasteiger partial charge in [-0.25, -0.2) is 4.39 Å². The lowest BCUT2D eigenvalue weighted by molar-refractivity contribution is 0.0684. The molecular formula is C16H28FN3O. The average Bonchev–Trinajstić information content (AvgIpc) is 2.50. The largest absolute Gasteiger partial charge is 0.497 e. The van der Waals surface area contributed by atoms with Crippen LogP contribution < -0.4 is 16.0 Å². The van der Waals surface area contributed by atoms with E-state index in [1.165, 1.54) is 13.2 Å². The summed E-state index contributed by atoms with van der Waals surface area (Å²) in [6.45, 7) is 10.2. The fourth-order valence-electron chi connectivity index (χ4n) is 3.03. The first-order valence-corrected chi connectivity index (χ1v) is 7.53. The van der Waals surface area contributed by atoms with Crippen molar-refractivity contribution in [2.75, 3.05) is 20.2 Å². The van der Waals surface area contributed by atoms with Crippen molar-refractivity contribution in [2.45, 2.75) is 45.7 Å². The number of hydrazine groups is 1. The topological polar surface area (TPSA) is 50.5 Å². The van der Waals surface area contributed by atoms with Crippen LogP contribution >= 0.6 is 0 Å². The molecule has 0 radical (unpaired) electrons. The molecule has 2 atom stereocenters. The molecule has 1 aromatic carbocycles. The fourth-order valence-corrected chi connectivity index (χ4v) is 3.03. The number of nitrogens with two attached hydrogens (primary N) is 1. The molecule has 120 valence electrons. The molecule has 0 spiro atoms. The Morgan fingerprint density at radius 3 is 2.33 bits per heavy atom. The molecule has 0 amide bonds. The highest BCUT2D eigenvalue weighted by Gasteiger charge is 2.38. The van der Waals surface area contributed by atoms with Crippen LogP contribution in [0.4, 0.5) is 4.39 Å². The predicted octanol–water partition coefficient (Wildman–Crippen LogP) is 2.85. The SMILES string of the molecule is CCN(CC)C(C)(CC)C(NN)c1ccc(OC)cc1F. The van der Waals surface area contributed by atoms with Gasteiger partial charge in [0.25, 0.3) is 0 Å². The number of halogens is 1. The van der Waals surface area contributed by atoms with Crippen molar-refractivity contribution < 1.29 is 9.13 Å². The quantitative estimate of drug-likeness (QED) is 0.572. The van der Waals surface area contributed by atoms with Crippen molar-refractivity contribution in [1.82, 2.24) is 10.3 Å². The molecule has 1 rings (SSSR count). The zero-order valence-corrected chi connectivity index (χ0v) is 13.7. The molecule has 0 saturated heterocycles. The Labute approximate surface area is 127 Å². The van der Waals surface area contributed by atoms with Gasteiger partial charge in [-0.1, -0.05) is 26.8 Å². The zero-order valence-electron chi connectivity index (χ0n) is 13.7. The summed E-state index contributed by atoms with van der Waals surface area (Å²) in [7, 11) is 1.53. The van der Waals surface area contributed by atoms with Crippen LogP contribution in [-0.4, -0.2) is 30.6 Å². The van der Waals surface area contributed by atoms with Crippen molar-refractivity contribution in [3.05, 3.63) is 29.6 Å². The summed E-state index contributed by atoms with van der Waals surface area (Å²) in [6, 6.07) is 4.61. The van der Waals surface area contributed by atoms with Gasteiger partial charge < -0.3 is 4.74 Å². The first-order valence-electron chi connectivity index (χ1n) is 7.53. The predicted molar refractivity (Wildman–Crippen MR) is 84.6 cm³/mol. The van der Waals surface area contributed by atoms with Crippen LogP contribution in [0.2, 0.25) is 0 Å². The van der Waals surface area contributed by atoms with E-state index in [1.54, 1.807) is 12.1 Å². The van der Waals surface area contributed by atoms with Gasteiger partial charge in [-0.3, -0.25) is 16.2 Å². The average molecular weight is 297 g/mol. The Balaban J connectivity index is 3.27. The third kappa shape index (κ3) is 3.54. The molecule has 0 fully saturated rings. The van der Waals surface area contributed by atoms with E-state index in [0.717, 1.165) is 19.5 Å². The molecule has 0 bridgehead atoms. The van der Waals surface area contributed by atoms with Gasteiger partial charge >= 0.3 is 0 Å². The van der Waals surface area contributed by atoms with Crippen LogP contribution in [-0.2, 0) is 0 Å². The highest BCUT2D eigenvalue weighted by molar-refractivity contribution is 5.32. The van der Waals surface area contributed by atoms with Gasteiger partial charge in [0.15, 0.2) is 0 Å². The molecule has 0 aliphatic carbocycles. The number of benzene rings is 1. The highest BCUT2D eigenvalue weighted by Crippen LogP contribution is 2.35. The number of nitrogens with zero attached hydrogens (tertiary/aromatic N) is 1. The van der Waals surface area contributed by atoms with E-state index in [1.807, 2.05) is 0 Å². The molecule has 0 aliphatic rings. The van der Waals surface area contributed by atoms with Crippen molar-refractivity contribution >= 4 is 0 Å². The summed E-state index contributed by atoms with van der Waals surface area (Å²) in [5, 5.41) is 0. The molecular weight excluding hydrogens is 269 g/mol. The van der Waals surface area contributed by atoms with Crippen molar-refractivity contribution in [3.63, 3.8) is 0 Å². The monoisotopic (exact) mass is 297 g/mol. The Hall–Kier alpha value is -1.17. The fraction of sp³-hybridized carbons (Fsp3) is 0.625. The van der Waals surface area contributed by atoms with Gasteiger partial charge in [-0.05, 0) is 32.5 Å². The second-order valence-electron chi connectivity index (χ2n) is 5.37. The van der Waals surface area contributed by atoms with Gasteiger partial charge in [0.2, 0.25) is 0 Å². The van der Waals surface area contributed by atoms with Gasteiger partial charge in [-0.15, -0.1) is 0 Å². The second-order valence-corrected chi connectivity index (χ2v) is 5.37. The lowest BCUT2D eigenvalue weighted by Crippen LogP contribution is -2.55. The van der Waals surface area contributed by atoms with Crippen LogP contribution in [0.5, 0.6) is 5.75 Å². The van der Waals surface area contributed by atoms with Crippen LogP contribution in [0.3, 0.4) is 0 Å². The van der Waals surface area contributed by atoms with Crippen molar-refractivity contribution in [2.24, 2.45) is 5.84 Å². The van der Waals surface area contributed by atoms with Crippen LogP contribution in [0.15, 0.2) is 18.2 Å². The molecule has 4 nitrogen and oxygen atoms in total. The third-order valence-corrected chi connectivity index (χ3v) is 4.51. The van der Waals surface area contributed by atoms with Crippen molar-refractivity contribution in [1.29, 1.82) is 0 Å². The minimum Gasteiger partial charge on any atom is -0.497 e. The molecule has 3 N–H and O–H groups in total. The van der Waals surface area contributed by atoms with Crippen LogP contribution in [0.1, 0.15) is 45.7 Å². The molecule has 1 aromatic rings. The van der Waals surface area contributed by atoms with E-state index < -0.39 is 0 Å². The third-order valence-electron chi connectivity index (χ3n) is 4.51. The first-order chi connectivity index (χ1) is 9.98. The van der Waals surface area contributed by atoms with E-state index in [0.29, 0.717) is 11.3 Å². The van der Waals surface area contributed by atoms with Gasteiger partial charge in [0.1, 0.15) is 11.6 Å². The summed E-state index contributed by atoms with van der Waals surface area (Å²) in [4.78, 5) is 2.31. The Morgan fingerprint density at radius 2 is 1.95 bits per heavy atom. The lowest BCUT2D eigenvalue weighted by Gasteiger charge is -2.45. The Morgan fingerprint density at radius 1 is 1.33 bits per heavy atom. The van der Waals surface area contributed by atoms with Gasteiger partial charge in [0, 0.05) is 17.2 Å². The number of likely N-dealkylation sites (N-methyl/N-ethyl adjacent to an activating group) is 1. The van der Waals surface area contributed by atoms with E-state index >= 15 is 0 Å². The van der Waals surface area contributed by atoms with E-state index in [2.05, 4.69) is 38.0 Å². The summed E-state index contributed by atoms with van der Waals surface area (Å²) >= 11 is 0. The maximum Gasteiger partial charge on any atom is 0.131 e. The smallest absolute Gasteiger partial charge is 0.131 e. The minimum absolute atomic E-state index is 0.270. The number of rotatable bonds is 8.